The molecule has 7 nitrogen and oxygen atoms in total. The van der Waals surface area contributed by atoms with Crippen LogP contribution in [-0.2, 0) is 11.2 Å². The molecule has 1 heterocycles. The van der Waals surface area contributed by atoms with E-state index in [1.54, 1.807) is 45.9 Å². The van der Waals surface area contributed by atoms with Gasteiger partial charge in [-0.2, -0.15) is 0 Å². The average Bonchev–Trinajstić information content (AvgIpc) is 2.90. The second kappa shape index (κ2) is 11.8. The Kier molecular flexibility index (Phi) is 8.48. The molecular formula is C28H28Cl2N4O3. The number of nitrogens with two attached hydrogens (primary N) is 1. The molecule has 0 saturated carbocycles. The van der Waals surface area contributed by atoms with Crippen LogP contribution < -0.4 is 16.0 Å². The fourth-order valence-corrected chi connectivity index (χ4v) is 4.60. The van der Waals surface area contributed by atoms with Crippen LogP contribution in [0.25, 0.3) is 16.6 Å². The Bertz CT molecular complexity index is 1470. The van der Waals surface area contributed by atoms with E-state index in [1.165, 1.54) is 0 Å². The van der Waals surface area contributed by atoms with Crippen molar-refractivity contribution in [1.29, 1.82) is 0 Å². The fraction of sp³-hybridized carbons (Fsp3) is 0.250. The summed E-state index contributed by atoms with van der Waals surface area (Å²) in [6.45, 7) is 4.83. The predicted molar refractivity (Wildman–Crippen MR) is 148 cm³/mol. The number of amides is 1. The van der Waals surface area contributed by atoms with Gasteiger partial charge in [0.15, 0.2) is 0 Å². The number of benzene rings is 3. The highest BCUT2D eigenvalue weighted by molar-refractivity contribution is 6.42. The molecule has 0 aliphatic heterocycles. The van der Waals surface area contributed by atoms with Crippen molar-refractivity contribution < 1.29 is 9.53 Å². The summed E-state index contributed by atoms with van der Waals surface area (Å²) >= 11 is 12.2. The molecule has 4 aromatic rings. The molecule has 0 radical (unpaired) electrons. The summed E-state index contributed by atoms with van der Waals surface area (Å²) in [5, 5.41) is 1.29. The lowest BCUT2D eigenvalue weighted by Crippen LogP contribution is -2.41. The zero-order valence-corrected chi connectivity index (χ0v) is 22.2. The molecule has 37 heavy (non-hydrogen) atoms. The monoisotopic (exact) mass is 538 g/mol. The molecule has 9 heteroatoms. The lowest BCUT2D eigenvalue weighted by atomic mass is 10.1. The SMILES string of the molecule is CCOc1ccc(-n2c(C(C)N(CCN)C(=O)Cc3ccc(Cl)c(Cl)c3)nc3ccccc3c2=O)cc1. The molecule has 0 aliphatic rings. The summed E-state index contributed by atoms with van der Waals surface area (Å²) in [6, 6.07) is 19.0. The summed E-state index contributed by atoms with van der Waals surface area (Å²) in [4.78, 5) is 33.7. The number of para-hydroxylation sites is 1. The molecule has 0 aliphatic carbocycles. The molecule has 4 rings (SSSR count). The van der Waals surface area contributed by atoms with E-state index >= 15 is 0 Å². The molecule has 1 aromatic heterocycles. The smallest absolute Gasteiger partial charge is 0.266 e. The molecule has 0 saturated heterocycles. The Balaban J connectivity index is 1.79. The number of ether oxygens (including phenoxy) is 1. The first-order chi connectivity index (χ1) is 17.8. The summed E-state index contributed by atoms with van der Waals surface area (Å²) in [5.41, 5.74) is 7.58. The number of halogens is 2. The third kappa shape index (κ3) is 5.80. The van der Waals surface area contributed by atoms with Gasteiger partial charge in [0.1, 0.15) is 11.6 Å². The van der Waals surface area contributed by atoms with Crippen molar-refractivity contribution in [3.05, 3.63) is 98.5 Å². The zero-order valence-electron chi connectivity index (χ0n) is 20.7. The number of hydrogen-bond donors (Lipinski definition) is 1. The summed E-state index contributed by atoms with van der Waals surface area (Å²) < 4.78 is 7.12. The minimum absolute atomic E-state index is 0.0993. The first-order valence-electron chi connectivity index (χ1n) is 12.0. The Labute approximate surface area is 225 Å². The van der Waals surface area contributed by atoms with Crippen LogP contribution in [0.15, 0.2) is 71.5 Å². The van der Waals surface area contributed by atoms with Crippen LogP contribution in [0.4, 0.5) is 0 Å². The lowest BCUT2D eigenvalue weighted by Gasteiger charge is -2.30. The molecule has 2 N–H and O–H groups in total. The van der Waals surface area contributed by atoms with Crippen LogP contribution in [0.5, 0.6) is 5.75 Å². The molecule has 0 fully saturated rings. The lowest BCUT2D eigenvalue weighted by molar-refractivity contribution is -0.132. The van der Waals surface area contributed by atoms with Crippen molar-refractivity contribution >= 4 is 40.0 Å². The largest absolute Gasteiger partial charge is 0.494 e. The Hall–Kier alpha value is -3.39. The van der Waals surface area contributed by atoms with Gasteiger partial charge in [0.05, 0.1) is 45.7 Å². The van der Waals surface area contributed by atoms with Crippen LogP contribution in [0.1, 0.15) is 31.3 Å². The van der Waals surface area contributed by atoms with Crippen molar-refractivity contribution in [2.75, 3.05) is 19.7 Å². The maximum absolute atomic E-state index is 13.7. The third-order valence-corrected chi connectivity index (χ3v) is 6.82. The van der Waals surface area contributed by atoms with Crippen molar-refractivity contribution in [1.82, 2.24) is 14.5 Å². The minimum atomic E-state index is -0.553. The van der Waals surface area contributed by atoms with Crippen molar-refractivity contribution in [3.8, 4) is 11.4 Å². The summed E-state index contributed by atoms with van der Waals surface area (Å²) in [5.74, 6) is 0.963. The van der Waals surface area contributed by atoms with Gasteiger partial charge in [-0.15, -0.1) is 0 Å². The van der Waals surface area contributed by atoms with Crippen molar-refractivity contribution in [2.45, 2.75) is 26.3 Å². The second-order valence-electron chi connectivity index (χ2n) is 8.53. The average molecular weight is 539 g/mol. The van der Waals surface area contributed by atoms with Gasteiger partial charge < -0.3 is 15.4 Å². The highest BCUT2D eigenvalue weighted by Gasteiger charge is 2.26. The molecule has 0 spiro atoms. The van der Waals surface area contributed by atoms with E-state index in [0.29, 0.717) is 44.8 Å². The molecule has 1 amide bonds. The number of carbonyl (C=O) groups excluding carboxylic acids is 1. The minimum Gasteiger partial charge on any atom is -0.494 e. The summed E-state index contributed by atoms with van der Waals surface area (Å²) in [6.07, 6.45) is 0.0993. The van der Waals surface area contributed by atoms with E-state index in [9.17, 15) is 9.59 Å². The number of aromatic nitrogens is 2. The van der Waals surface area contributed by atoms with E-state index < -0.39 is 6.04 Å². The molecular weight excluding hydrogens is 511 g/mol. The van der Waals surface area contributed by atoms with Crippen LogP contribution in [-0.4, -0.2) is 40.1 Å². The first kappa shape index (κ1) is 26.7. The second-order valence-corrected chi connectivity index (χ2v) is 9.35. The number of fused-ring (bicyclic) bond motifs is 1. The van der Waals surface area contributed by atoms with E-state index in [1.807, 2.05) is 44.2 Å². The Morgan fingerprint density at radius 2 is 1.81 bits per heavy atom. The van der Waals surface area contributed by atoms with Gasteiger partial charge in [-0.05, 0) is 67.9 Å². The normalized spacial score (nSPS) is 11.9. The van der Waals surface area contributed by atoms with E-state index in [-0.39, 0.29) is 31.0 Å². The molecule has 192 valence electrons. The van der Waals surface area contributed by atoms with E-state index in [0.717, 1.165) is 5.56 Å². The summed E-state index contributed by atoms with van der Waals surface area (Å²) in [7, 11) is 0. The topological polar surface area (TPSA) is 90.4 Å². The maximum atomic E-state index is 13.7. The third-order valence-electron chi connectivity index (χ3n) is 6.08. The Morgan fingerprint density at radius 1 is 1.08 bits per heavy atom. The van der Waals surface area contributed by atoms with Gasteiger partial charge in [-0.3, -0.25) is 14.2 Å². The number of carbonyl (C=O) groups is 1. The Morgan fingerprint density at radius 3 is 2.49 bits per heavy atom. The van der Waals surface area contributed by atoms with Crippen LogP contribution in [0.2, 0.25) is 10.0 Å². The quantitative estimate of drug-likeness (QED) is 0.317. The number of nitrogens with zero attached hydrogens (tertiary/aromatic N) is 3. The van der Waals surface area contributed by atoms with E-state index in [4.69, 9.17) is 38.7 Å². The van der Waals surface area contributed by atoms with Crippen LogP contribution >= 0.6 is 23.2 Å². The van der Waals surface area contributed by atoms with Gasteiger partial charge in [0.25, 0.3) is 5.56 Å². The standard InChI is InChI=1S/C28H28Cl2N4O3/c1-3-37-21-11-9-20(10-12-21)34-27(32-25-7-5-4-6-22(25)28(34)36)18(2)33(15-14-31)26(35)17-19-8-13-23(29)24(30)16-19/h4-13,16,18H,3,14-15,17,31H2,1-2H3. The highest BCUT2D eigenvalue weighted by atomic mass is 35.5. The number of hydrogen-bond acceptors (Lipinski definition) is 5. The van der Waals surface area contributed by atoms with Gasteiger partial charge >= 0.3 is 0 Å². The van der Waals surface area contributed by atoms with Crippen LogP contribution in [0, 0.1) is 0 Å². The molecule has 0 bridgehead atoms. The fourth-order valence-electron chi connectivity index (χ4n) is 4.28. The van der Waals surface area contributed by atoms with Gasteiger partial charge in [-0.1, -0.05) is 41.4 Å². The predicted octanol–water partition coefficient (Wildman–Crippen LogP) is 5.18. The van der Waals surface area contributed by atoms with Gasteiger partial charge in [0, 0.05) is 13.1 Å². The van der Waals surface area contributed by atoms with Crippen molar-refractivity contribution in [3.63, 3.8) is 0 Å². The zero-order chi connectivity index (χ0) is 26.5. The first-order valence-corrected chi connectivity index (χ1v) is 12.8. The number of rotatable bonds is 9. The van der Waals surface area contributed by atoms with Crippen LogP contribution in [0.3, 0.4) is 0 Å². The van der Waals surface area contributed by atoms with Gasteiger partial charge in [0.2, 0.25) is 5.91 Å². The van der Waals surface area contributed by atoms with Crippen molar-refractivity contribution in [2.24, 2.45) is 5.73 Å². The molecule has 1 unspecified atom stereocenters. The molecule has 3 aromatic carbocycles. The van der Waals surface area contributed by atoms with Gasteiger partial charge in [-0.25, -0.2) is 4.98 Å². The highest BCUT2D eigenvalue weighted by Crippen LogP contribution is 2.26. The van der Waals surface area contributed by atoms with E-state index in [2.05, 4.69) is 0 Å². The maximum Gasteiger partial charge on any atom is 0.266 e. The molecule has 1 atom stereocenters.